The fourth-order valence-electron chi connectivity index (χ4n) is 3.03. The first-order valence-electron chi connectivity index (χ1n) is 8.88. The standard InChI is InChI=1S/C18H23N3O4S2/c1-2-25-16-3-5-17(6-4-16)27(23,24)21-9-7-14(8-10-21)18(22)19-11-15-12-26-13-20-15/h3-6,12-14H,2,7-11H2,1H3,(H,19,22). The van der Waals surface area contributed by atoms with Gasteiger partial charge in [0, 0.05) is 24.4 Å². The van der Waals surface area contributed by atoms with E-state index in [1.807, 2.05) is 12.3 Å². The van der Waals surface area contributed by atoms with Crippen LogP contribution in [0.25, 0.3) is 0 Å². The normalized spacial score (nSPS) is 16.2. The summed E-state index contributed by atoms with van der Waals surface area (Å²) in [7, 11) is -3.55. The Hall–Kier alpha value is -1.97. The second kappa shape index (κ2) is 8.81. The maximum atomic E-state index is 12.8. The lowest BCUT2D eigenvalue weighted by molar-refractivity contribution is -0.126. The second-order valence-electron chi connectivity index (χ2n) is 6.28. The van der Waals surface area contributed by atoms with Crippen LogP contribution < -0.4 is 10.1 Å². The molecule has 0 atom stereocenters. The van der Waals surface area contributed by atoms with E-state index in [0.29, 0.717) is 44.8 Å². The third kappa shape index (κ3) is 4.85. The number of aromatic nitrogens is 1. The number of hydrogen-bond donors (Lipinski definition) is 1. The van der Waals surface area contributed by atoms with E-state index in [4.69, 9.17) is 4.74 Å². The third-order valence-corrected chi connectivity index (χ3v) is 7.07. The highest BCUT2D eigenvalue weighted by Gasteiger charge is 2.32. The zero-order chi connectivity index (χ0) is 19.3. The molecule has 1 aliphatic rings. The third-order valence-electron chi connectivity index (χ3n) is 4.52. The van der Waals surface area contributed by atoms with Gasteiger partial charge in [-0.2, -0.15) is 4.31 Å². The van der Waals surface area contributed by atoms with Gasteiger partial charge < -0.3 is 10.1 Å². The molecule has 0 radical (unpaired) electrons. The highest BCUT2D eigenvalue weighted by Crippen LogP contribution is 2.25. The number of benzene rings is 1. The van der Waals surface area contributed by atoms with Gasteiger partial charge in [0.25, 0.3) is 0 Å². The molecule has 1 fully saturated rings. The van der Waals surface area contributed by atoms with Crippen molar-refractivity contribution in [1.29, 1.82) is 0 Å². The van der Waals surface area contributed by atoms with Crippen molar-refractivity contribution in [3.05, 3.63) is 40.8 Å². The minimum Gasteiger partial charge on any atom is -0.494 e. The van der Waals surface area contributed by atoms with Crippen LogP contribution in [0, 0.1) is 5.92 Å². The van der Waals surface area contributed by atoms with Gasteiger partial charge in [0.1, 0.15) is 5.75 Å². The average Bonchev–Trinajstić information content (AvgIpc) is 3.20. The van der Waals surface area contributed by atoms with Crippen molar-refractivity contribution in [3.63, 3.8) is 0 Å². The first-order chi connectivity index (χ1) is 13.0. The summed E-state index contributed by atoms with van der Waals surface area (Å²) in [6.45, 7) is 3.49. The molecule has 27 heavy (non-hydrogen) atoms. The second-order valence-corrected chi connectivity index (χ2v) is 8.94. The van der Waals surface area contributed by atoms with Gasteiger partial charge in [0.2, 0.25) is 15.9 Å². The molecular formula is C18H23N3O4S2. The van der Waals surface area contributed by atoms with Crippen LogP contribution in [0.15, 0.2) is 40.1 Å². The number of nitrogens with one attached hydrogen (secondary N) is 1. The molecule has 2 aromatic rings. The SMILES string of the molecule is CCOc1ccc(S(=O)(=O)N2CCC(C(=O)NCc3cscn3)CC2)cc1. The predicted molar refractivity (Wildman–Crippen MR) is 103 cm³/mol. The molecule has 1 aliphatic heterocycles. The molecule has 0 unspecified atom stereocenters. The van der Waals surface area contributed by atoms with E-state index in [9.17, 15) is 13.2 Å². The molecule has 1 aromatic heterocycles. The number of amides is 1. The molecule has 1 N–H and O–H groups in total. The van der Waals surface area contributed by atoms with Gasteiger partial charge >= 0.3 is 0 Å². The van der Waals surface area contributed by atoms with Crippen LogP contribution in [0.3, 0.4) is 0 Å². The van der Waals surface area contributed by atoms with E-state index in [1.54, 1.807) is 29.8 Å². The first-order valence-corrected chi connectivity index (χ1v) is 11.3. The summed E-state index contributed by atoms with van der Waals surface area (Å²) in [6, 6.07) is 6.45. The van der Waals surface area contributed by atoms with Gasteiger partial charge in [0.05, 0.1) is 29.3 Å². The van der Waals surface area contributed by atoms with Crippen molar-refractivity contribution in [2.45, 2.75) is 31.2 Å². The summed E-state index contributed by atoms with van der Waals surface area (Å²) >= 11 is 1.49. The number of sulfonamides is 1. The molecular weight excluding hydrogens is 386 g/mol. The van der Waals surface area contributed by atoms with Crippen LogP contribution in [-0.2, 0) is 21.4 Å². The van der Waals surface area contributed by atoms with Crippen LogP contribution in [0.5, 0.6) is 5.75 Å². The zero-order valence-electron chi connectivity index (χ0n) is 15.1. The van der Waals surface area contributed by atoms with Gasteiger partial charge in [-0.3, -0.25) is 4.79 Å². The largest absolute Gasteiger partial charge is 0.494 e. The van der Waals surface area contributed by atoms with Crippen LogP contribution in [0.2, 0.25) is 0 Å². The van der Waals surface area contributed by atoms with Gasteiger partial charge in [-0.1, -0.05) is 0 Å². The number of hydrogen-bond acceptors (Lipinski definition) is 6. The number of thiazole rings is 1. The molecule has 0 bridgehead atoms. The van der Waals surface area contributed by atoms with Crippen molar-refractivity contribution in [3.8, 4) is 5.75 Å². The zero-order valence-corrected chi connectivity index (χ0v) is 16.8. The average molecular weight is 410 g/mol. The van der Waals surface area contributed by atoms with E-state index in [2.05, 4.69) is 10.3 Å². The molecule has 2 heterocycles. The lowest BCUT2D eigenvalue weighted by Gasteiger charge is -2.30. The monoisotopic (exact) mass is 409 g/mol. The van der Waals surface area contributed by atoms with Crippen LogP contribution in [-0.4, -0.2) is 43.3 Å². The summed E-state index contributed by atoms with van der Waals surface area (Å²) in [6.07, 6.45) is 1.03. The summed E-state index contributed by atoms with van der Waals surface area (Å²) in [5, 5.41) is 4.78. The molecule has 146 valence electrons. The van der Waals surface area contributed by atoms with E-state index >= 15 is 0 Å². The van der Waals surface area contributed by atoms with Crippen molar-refractivity contribution in [2.24, 2.45) is 5.92 Å². The van der Waals surface area contributed by atoms with E-state index in [-0.39, 0.29) is 16.7 Å². The minimum atomic E-state index is -3.55. The topological polar surface area (TPSA) is 88.6 Å². The van der Waals surface area contributed by atoms with Crippen LogP contribution >= 0.6 is 11.3 Å². The van der Waals surface area contributed by atoms with Crippen molar-refractivity contribution < 1.29 is 17.9 Å². The number of nitrogens with zero attached hydrogens (tertiary/aromatic N) is 2. The highest BCUT2D eigenvalue weighted by molar-refractivity contribution is 7.89. The Kier molecular flexibility index (Phi) is 6.46. The number of rotatable bonds is 7. The number of ether oxygens (including phenoxy) is 1. The molecule has 0 aliphatic carbocycles. The summed E-state index contributed by atoms with van der Waals surface area (Å²) in [4.78, 5) is 16.7. The van der Waals surface area contributed by atoms with Gasteiger partial charge in [-0.15, -0.1) is 11.3 Å². The quantitative estimate of drug-likeness (QED) is 0.758. The van der Waals surface area contributed by atoms with Gasteiger partial charge in [0.15, 0.2) is 0 Å². The Morgan fingerprint density at radius 2 is 2.00 bits per heavy atom. The highest BCUT2D eigenvalue weighted by atomic mass is 32.2. The van der Waals surface area contributed by atoms with Crippen molar-refractivity contribution in [1.82, 2.24) is 14.6 Å². The van der Waals surface area contributed by atoms with Crippen molar-refractivity contribution in [2.75, 3.05) is 19.7 Å². The van der Waals surface area contributed by atoms with Gasteiger partial charge in [-0.05, 0) is 44.0 Å². The summed E-state index contributed by atoms with van der Waals surface area (Å²) in [5.74, 6) is 0.434. The van der Waals surface area contributed by atoms with E-state index < -0.39 is 10.0 Å². The molecule has 1 amide bonds. The number of carbonyl (C=O) groups is 1. The fourth-order valence-corrected chi connectivity index (χ4v) is 5.06. The Morgan fingerprint density at radius 1 is 1.30 bits per heavy atom. The molecule has 0 spiro atoms. The lowest BCUT2D eigenvalue weighted by atomic mass is 9.97. The first kappa shape index (κ1) is 19.8. The smallest absolute Gasteiger partial charge is 0.243 e. The van der Waals surface area contributed by atoms with Crippen molar-refractivity contribution >= 4 is 27.3 Å². The van der Waals surface area contributed by atoms with E-state index in [1.165, 1.54) is 15.6 Å². The maximum absolute atomic E-state index is 12.8. The Morgan fingerprint density at radius 3 is 2.59 bits per heavy atom. The van der Waals surface area contributed by atoms with Gasteiger partial charge in [-0.25, -0.2) is 13.4 Å². The maximum Gasteiger partial charge on any atom is 0.243 e. The Balaban J connectivity index is 1.55. The molecule has 1 saturated heterocycles. The lowest BCUT2D eigenvalue weighted by Crippen LogP contribution is -2.42. The predicted octanol–water partition coefficient (Wildman–Crippen LogP) is 2.26. The van der Waals surface area contributed by atoms with Crippen LogP contribution in [0.4, 0.5) is 0 Å². The Bertz CT molecular complexity index is 843. The van der Waals surface area contributed by atoms with Crippen LogP contribution in [0.1, 0.15) is 25.5 Å². The number of carbonyl (C=O) groups excluding carboxylic acids is 1. The fraction of sp³-hybridized carbons (Fsp3) is 0.444. The molecule has 7 nitrogen and oxygen atoms in total. The van der Waals surface area contributed by atoms with E-state index in [0.717, 1.165) is 5.69 Å². The molecule has 9 heteroatoms. The molecule has 3 rings (SSSR count). The summed E-state index contributed by atoms with van der Waals surface area (Å²) in [5.41, 5.74) is 2.56. The molecule has 0 saturated carbocycles. The Labute approximate surface area is 163 Å². The number of piperidine rings is 1. The molecule has 1 aromatic carbocycles. The minimum absolute atomic E-state index is 0.0406. The summed E-state index contributed by atoms with van der Waals surface area (Å²) < 4.78 is 32.4.